The zero-order chi connectivity index (χ0) is 17.2. The van der Waals surface area contributed by atoms with Gasteiger partial charge in [0.05, 0.1) is 0 Å². The summed E-state index contributed by atoms with van der Waals surface area (Å²) in [6.07, 6.45) is 7.93. The standard InChI is InChI=1S/C20H40N2O/c1-6-12-21(13-7-2)19-10-14-22(15-11-19)20(23)16-18(5)9-8-17(3)4/h17-19H,6-16H2,1-5H3. The molecule has 0 bridgehead atoms. The van der Waals surface area contributed by atoms with E-state index in [2.05, 4.69) is 44.4 Å². The number of carbonyl (C=O) groups is 1. The van der Waals surface area contributed by atoms with Gasteiger partial charge in [-0.15, -0.1) is 0 Å². The van der Waals surface area contributed by atoms with Crippen molar-refractivity contribution in [2.24, 2.45) is 11.8 Å². The van der Waals surface area contributed by atoms with Gasteiger partial charge in [0.15, 0.2) is 0 Å². The summed E-state index contributed by atoms with van der Waals surface area (Å²) in [5.74, 6) is 1.66. The number of amides is 1. The van der Waals surface area contributed by atoms with E-state index in [1.807, 2.05) is 0 Å². The van der Waals surface area contributed by atoms with Crippen LogP contribution in [0.4, 0.5) is 0 Å². The number of likely N-dealkylation sites (tertiary alicyclic amines) is 1. The average molecular weight is 325 g/mol. The fourth-order valence-corrected chi connectivity index (χ4v) is 3.68. The van der Waals surface area contributed by atoms with Gasteiger partial charge in [-0.05, 0) is 57.0 Å². The molecular weight excluding hydrogens is 284 g/mol. The number of piperidine rings is 1. The molecular formula is C20H40N2O. The summed E-state index contributed by atoms with van der Waals surface area (Å²) in [6, 6.07) is 0.692. The van der Waals surface area contributed by atoms with Crippen LogP contribution in [0, 0.1) is 11.8 Å². The minimum Gasteiger partial charge on any atom is -0.343 e. The predicted molar refractivity (Wildman–Crippen MR) is 99.6 cm³/mol. The SMILES string of the molecule is CCCN(CCC)C1CCN(C(=O)CC(C)CCC(C)C)CC1. The van der Waals surface area contributed by atoms with Gasteiger partial charge in [0.1, 0.15) is 0 Å². The van der Waals surface area contributed by atoms with Gasteiger partial charge in [-0.3, -0.25) is 4.79 Å². The van der Waals surface area contributed by atoms with Crippen molar-refractivity contribution in [3.05, 3.63) is 0 Å². The van der Waals surface area contributed by atoms with Gasteiger partial charge in [-0.2, -0.15) is 0 Å². The Morgan fingerprint density at radius 1 is 1.04 bits per heavy atom. The molecule has 1 rings (SSSR count). The number of hydrogen-bond acceptors (Lipinski definition) is 2. The van der Waals surface area contributed by atoms with Crippen LogP contribution in [0.2, 0.25) is 0 Å². The third-order valence-corrected chi connectivity index (χ3v) is 5.12. The lowest BCUT2D eigenvalue weighted by Crippen LogP contribution is -2.47. The lowest BCUT2D eigenvalue weighted by atomic mass is 9.95. The monoisotopic (exact) mass is 324 g/mol. The van der Waals surface area contributed by atoms with Crippen LogP contribution in [0.3, 0.4) is 0 Å². The maximum absolute atomic E-state index is 12.5. The van der Waals surface area contributed by atoms with E-state index in [-0.39, 0.29) is 0 Å². The molecule has 1 unspecified atom stereocenters. The third kappa shape index (κ3) is 7.69. The highest BCUT2D eigenvalue weighted by Crippen LogP contribution is 2.21. The summed E-state index contributed by atoms with van der Waals surface area (Å²) in [6.45, 7) is 15.6. The molecule has 0 saturated carbocycles. The van der Waals surface area contributed by atoms with E-state index in [0.717, 1.165) is 38.3 Å². The first-order valence-electron chi connectivity index (χ1n) is 9.99. The van der Waals surface area contributed by atoms with E-state index >= 15 is 0 Å². The molecule has 1 atom stereocenters. The molecule has 1 amide bonds. The van der Waals surface area contributed by atoms with E-state index in [1.165, 1.54) is 38.8 Å². The summed E-state index contributed by atoms with van der Waals surface area (Å²) in [5.41, 5.74) is 0. The Balaban J connectivity index is 2.35. The molecule has 1 aliphatic heterocycles. The van der Waals surface area contributed by atoms with E-state index in [0.29, 0.717) is 17.9 Å². The first kappa shape index (κ1) is 20.5. The van der Waals surface area contributed by atoms with Gasteiger partial charge >= 0.3 is 0 Å². The summed E-state index contributed by atoms with van der Waals surface area (Å²) in [7, 11) is 0. The average Bonchev–Trinajstić information content (AvgIpc) is 2.53. The Morgan fingerprint density at radius 3 is 2.09 bits per heavy atom. The normalized spacial score (nSPS) is 18.0. The van der Waals surface area contributed by atoms with E-state index in [4.69, 9.17) is 0 Å². The minimum absolute atomic E-state index is 0.386. The topological polar surface area (TPSA) is 23.6 Å². The maximum Gasteiger partial charge on any atom is 0.222 e. The van der Waals surface area contributed by atoms with Crippen molar-refractivity contribution >= 4 is 5.91 Å². The van der Waals surface area contributed by atoms with Crippen molar-refractivity contribution in [2.75, 3.05) is 26.2 Å². The van der Waals surface area contributed by atoms with Crippen molar-refractivity contribution in [3.8, 4) is 0 Å². The molecule has 0 aromatic heterocycles. The quantitative estimate of drug-likeness (QED) is 0.588. The van der Waals surface area contributed by atoms with E-state index < -0.39 is 0 Å². The van der Waals surface area contributed by atoms with Crippen molar-refractivity contribution in [2.45, 2.75) is 85.6 Å². The van der Waals surface area contributed by atoms with Crippen LogP contribution < -0.4 is 0 Å². The van der Waals surface area contributed by atoms with Crippen molar-refractivity contribution < 1.29 is 4.79 Å². The summed E-state index contributed by atoms with van der Waals surface area (Å²) >= 11 is 0. The van der Waals surface area contributed by atoms with Crippen molar-refractivity contribution in [3.63, 3.8) is 0 Å². The number of nitrogens with zero attached hydrogens (tertiary/aromatic N) is 2. The molecule has 1 aliphatic rings. The van der Waals surface area contributed by atoms with Crippen LogP contribution in [0.15, 0.2) is 0 Å². The second-order valence-corrected chi connectivity index (χ2v) is 7.93. The summed E-state index contributed by atoms with van der Waals surface area (Å²) in [5, 5.41) is 0. The van der Waals surface area contributed by atoms with Gasteiger partial charge in [-0.25, -0.2) is 0 Å². The Hall–Kier alpha value is -0.570. The molecule has 1 fully saturated rings. The molecule has 1 saturated heterocycles. The molecule has 1 heterocycles. The number of rotatable bonds is 10. The Labute approximate surface area is 144 Å². The van der Waals surface area contributed by atoms with Gasteiger partial charge < -0.3 is 9.80 Å². The number of hydrogen-bond donors (Lipinski definition) is 0. The van der Waals surface area contributed by atoms with Gasteiger partial charge in [0.2, 0.25) is 5.91 Å². The smallest absolute Gasteiger partial charge is 0.222 e. The molecule has 0 spiro atoms. The Morgan fingerprint density at radius 2 is 1.61 bits per heavy atom. The zero-order valence-electron chi connectivity index (χ0n) is 16.3. The molecule has 3 nitrogen and oxygen atoms in total. The molecule has 0 N–H and O–H groups in total. The molecule has 0 radical (unpaired) electrons. The van der Waals surface area contributed by atoms with Gasteiger partial charge in [-0.1, -0.05) is 41.0 Å². The highest BCUT2D eigenvalue weighted by molar-refractivity contribution is 5.76. The lowest BCUT2D eigenvalue weighted by Gasteiger charge is -2.38. The lowest BCUT2D eigenvalue weighted by molar-refractivity contribution is -0.133. The second kappa shape index (κ2) is 11.1. The predicted octanol–water partition coefficient (Wildman–Crippen LogP) is 4.56. The minimum atomic E-state index is 0.386. The highest BCUT2D eigenvalue weighted by Gasteiger charge is 2.26. The Bertz CT molecular complexity index is 316. The maximum atomic E-state index is 12.5. The molecule has 0 aromatic carbocycles. The second-order valence-electron chi connectivity index (χ2n) is 7.93. The first-order chi connectivity index (χ1) is 11.0. The van der Waals surface area contributed by atoms with Crippen LogP contribution >= 0.6 is 0 Å². The van der Waals surface area contributed by atoms with Crippen LogP contribution in [0.1, 0.15) is 79.6 Å². The van der Waals surface area contributed by atoms with Crippen molar-refractivity contribution in [1.82, 2.24) is 9.80 Å². The van der Waals surface area contributed by atoms with E-state index in [1.54, 1.807) is 0 Å². The summed E-state index contributed by atoms with van der Waals surface area (Å²) < 4.78 is 0. The Kier molecular flexibility index (Phi) is 9.85. The fourth-order valence-electron chi connectivity index (χ4n) is 3.68. The summed E-state index contributed by atoms with van der Waals surface area (Å²) in [4.78, 5) is 17.3. The largest absolute Gasteiger partial charge is 0.343 e. The van der Waals surface area contributed by atoms with Gasteiger partial charge in [0, 0.05) is 25.6 Å². The molecule has 23 heavy (non-hydrogen) atoms. The highest BCUT2D eigenvalue weighted by atomic mass is 16.2. The van der Waals surface area contributed by atoms with Crippen LogP contribution in [-0.4, -0.2) is 47.9 Å². The third-order valence-electron chi connectivity index (χ3n) is 5.12. The zero-order valence-corrected chi connectivity index (χ0v) is 16.3. The van der Waals surface area contributed by atoms with Crippen LogP contribution in [0.5, 0.6) is 0 Å². The fraction of sp³-hybridized carbons (Fsp3) is 0.950. The van der Waals surface area contributed by atoms with E-state index in [9.17, 15) is 4.79 Å². The first-order valence-corrected chi connectivity index (χ1v) is 9.99. The van der Waals surface area contributed by atoms with Gasteiger partial charge in [0.25, 0.3) is 0 Å². The van der Waals surface area contributed by atoms with Crippen LogP contribution in [0.25, 0.3) is 0 Å². The molecule has 3 heteroatoms. The molecule has 136 valence electrons. The number of carbonyl (C=O) groups excluding carboxylic acids is 1. The molecule has 0 aromatic rings. The van der Waals surface area contributed by atoms with Crippen LogP contribution in [-0.2, 0) is 4.79 Å². The molecule has 0 aliphatic carbocycles. The van der Waals surface area contributed by atoms with Crippen molar-refractivity contribution in [1.29, 1.82) is 0 Å².